The minimum atomic E-state index is -4.39. The minimum Gasteiger partial charge on any atom is -0.378 e. The summed E-state index contributed by atoms with van der Waals surface area (Å²) in [4.78, 5) is 13.1. The van der Waals surface area contributed by atoms with Crippen molar-refractivity contribution in [2.45, 2.75) is 23.4 Å². The van der Waals surface area contributed by atoms with Crippen LogP contribution in [0.2, 0.25) is 0 Å². The summed E-state index contributed by atoms with van der Waals surface area (Å²) in [5, 5.41) is 0. The summed E-state index contributed by atoms with van der Waals surface area (Å²) in [6, 6.07) is 2.08. The number of carbonyl (C=O) groups is 1. The summed E-state index contributed by atoms with van der Waals surface area (Å²) in [7, 11) is -4.39. The van der Waals surface area contributed by atoms with Gasteiger partial charge in [-0.1, -0.05) is 0 Å². The zero-order chi connectivity index (χ0) is 18.9. The van der Waals surface area contributed by atoms with E-state index in [0.717, 1.165) is 16.4 Å². The number of carbonyl (C=O) groups excluding carboxylic acids is 1. The number of halogens is 3. The van der Waals surface area contributed by atoms with Gasteiger partial charge in [-0.25, -0.2) is 21.6 Å². The summed E-state index contributed by atoms with van der Waals surface area (Å²) in [5.41, 5.74) is -2.38. The second-order valence-electron chi connectivity index (χ2n) is 6.39. The van der Waals surface area contributed by atoms with Crippen LogP contribution in [-0.2, 0) is 19.6 Å². The van der Waals surface area contributed by atoms with Crippen LogP contribution in [0.5, 0.6) is 0 Å². The molecular weight excluding hydrogens is 373 g/mol. The first-order valence-electron chi connectivity index (χ1n) is 8.25. The summed E-state index contributed by atoms with van der Waals surface area (Å²) in [6.45, 7) is 0.340. The number of sulfonamides is 1. The lowest BCUT2D eigenvalue weighted by Gasteiger charge is -2.39. The quantitative estimate of drug-likeness (QED) is 0.778. The van der Waals surface area contributed by atoms with Crippen LogP contribution < -0.4 is 0 Å². The molecule has 0 aromatic heterocycles. The molecule has 2 fully saturated rings. The highest BCUT2D eigenvalue weighted by atomic mass is 32.2. The number of alkyl halides is 1. The van der Waals surface area contributed by atoms with Gasteiger partial charge in [0.1, 0.15) is 16.5 Å². The van der Waals surface area contributed by atoms with Crippen LogP contribution in [0.3, 0.4) is 0 Å². The van der Waals surface area contributed by atoms with E-state index in [0.29, 0.717) is 19.3 Å². The molecule has 1 aromatic rings. The van der Waals surface area contributed by atoms with E-state index in [9.17, 15) is 22.0 Å². The molecule has 2 aliphatic rings. The van der Waals surface area contributed by atoms with Crippen molar-refractivity contribution in [1.29, 1.82) is 0 Å². The first-order valence-corrected chi connectivity index (χ1v) is 9.69. The maximum Gasteiger partial charge on any atom is 0.261 e. The van der Waals surface area contributed by atoms with Gasteiger partial charge in [0, 0.05) is 25.7 Å². The molecule has 0 N–H and O–H groups in total. The van der Waals surface area contributed by atoms with E-state index in [1.807, 2.05) is 0 Å². The van der Waals surface area contributed by atoms with Crippen LogP contribution in [-0.4, -0.2) is 68.6 Å². The molecule has 3 rings (SSSR count). The predicted octanol–water partition coefficient (Wildman–Crippen LogP) is 1.32. The van der Waals surface area contributed by atoms with Crippen LogP contribution in [0.25, 0.3) is 0 Å². The van der Waals surface area contributed by atoms with E-state index in [4.69, 9.17) is 4.74 Å². The van der Waals surface area contributed by atoms with Gasteiger partial charge in [-0.3, -0.25) is 4.79 Å². The van der Waals surface area contributed by atoms with E-state index in [2.05, 4.69) is 0 Å². The van der Waals surface area contributed by atoms with Gasteiger partial charge >= 0.3 is 0 Å². The van der Waals surface area contributed by atoms with Gasteiger partial charge in [-0.05, 0) is 25.0 Å². The molecule has 6 nitrogen and oxygen atoms in total. The minimum absolute atomic E-state index is 0.0405. The molecule has 1 unspecified atom stereocenters. The first-order chi connectivity index (χ1) is 12.2. The number of piperidine rings is 1. The molecule has 0 radical (unpaired) electrons. The highest BCUT2D eigenvalue weighted by Crippen LogP contribution is 2.32. The molecule has 0 spiro atoms. The zero-order valence-electron chi connectivity index (χ0n) is 14.0. The Labute approximate surface area is 149 Å². The Morgan fingerprint density at radius 2 is 1.85 bits per heavy atom. The van der Waals surface area contributed by atoms with Crippen molar-refractivity contribution in [2.24, 2.45) is 0 Å². The summed E-state index contributed by atoms with van der Waals surface area (Å²) in [5.74, 6) is -2.94. The van der Waals surface area contributed by atoms with Crippen molar-refractivity contribution in [3.8, 4) is 0 Å². The van der Waals surface area contributed by atoms with Crippen molar-refractivity contribution in [3.63, 3.8) is 0 Å². The Morgan fingerprint density at radius 1 is 1.15 bits per heavy atom. The number of hydrogen-bond acceptors (Lipinski definition) is 4. The Bertz CT molecular complexity index is 799. The Morgan fingerprint density at radius 3 is 2.50 bits per heavy atom. The van der Waals surface area contributed by atoms with Gasteiger partial charge in [-0.15, -0.1) is 0 Å². The van der Waals surface area contributed by atoms with Crippen molar-refractivity contribution in [3.05, 3.63) is 29.8 Å². The van der Waals surface area contributed by atoms with E-state index >= 15 is 4.39 Å². The van der Waals surface area contributed by atoms with Gasteiger partial charge < -0.3 is 9.64 Å². The van der Waals surface area contributed by atoms with E-state index < -0.39 is 44.7 Å². The number of morpholine rings is 1. The van der Waals surface area contributed by atoms with Crippen LogP contribution in [0.4, 0.5) is 13.2 Å². The van der Waals surface area contributed by atoms with Gasteiger partial charge in [0.2, 0.25) is 15.7 Å². The van der Waals surface area contributed by atoms with Gasteiger partial charge in [0.05, 0.1) is 19.8 Å². The van der Waals surface area contributed by atoms with Crippen molar-refractivity contribution < 1.29 is 31.1 Å². The lowest BCUT2D eigenvalue weighted by atomic mass is 9.94. The second-order valence-corrected chi connectivity index (χ2v) is 8.29. The zero-order valence-corrected chi connectivity index (χ0v) is 14.8. The number of amides is 1. The van der Waals surface area contributed by atoms with Crippen molar-refractivity contribution >= 4 is 15.9 Å². The van der Waals surface area contributed by atoms with Crippen LogP contribution in [0, 0.1) is 11.6 Å². The van der Waals surface area contributed by atoms with E-state index in [1.165, 1.54) is 4.90 Å². The number of hydrogen-bond donors (Lipinski definition) is 0. The molecule has 1 amide bonds. The topological polar surface area (TPSA) is 66.9 Å². The maximum atomic E-state index is 15.3. The first kappa shape index (κ1) is 19.1. The molecule has 144 valence electrons. The smallest absolute Gasteiger partial charge is 0.261 e. The third-order valence-corrected chi connectivity index (χ3v) is 6.48. The lowest BCUT2D eigenvalue weighted by Crippen LogP contribution is -2.58. The van der Waals surface area contributed by atoms with Gasteiger partial charge in [-0.2, -0.15) is 4.31 Å². The highest BCUT2D eigenvalue weighted by Gasteiger charge is 2.48. The molecule has 2 saturated heterocycles. The van der Waals surface area contributed by atoms with Gasteiger partial charge in [0.15, 0.2) is 0 Å². The summed E-state index contributed by atoms with van der Waals surface area (Å²) in [6.07, 6.45) is 0.00966. The predicted molar refractivity (Wildman–Crippen MR) is 85.6 cm³/mol. The molecule has 1 aromatic carbocycles. The molecular formula is C16H19F3N2O4S. The molecule has 1 atom stereocenters. The van der Waals surface area contributed by atoms with Crippen LogP contribution in [0.1, 0.15) is 12.8 Å². The Hall–Kier alpha value is -1.65. The van der Waals surface area contributed by atoms with Gasteiger partial charge in [0.25, 0.3) is 5.91 Å². The van der Waals surface area contributed by atoms with E-state index in [1.54, 1.807) is 0 Å². The standard InChI is InChI=1S/C16H19F3N2O4S/c17-12-2-3-14(13(18)10-12)26(23,24)21-5-1-4-16(19,11-21)15(22)20-6-8-25-9-7-20/h2-3,10H,1,4-9,11H2. The Balaban J connectivity index is 1.83. The summed E-state index contributed by atoms with van der Waals surface area (Å²) < 4.78 is 73.5. The van der Waals surface area contributed by atoms with E-state index in [-0.39, 0.29) is 32.5 Å². The lowest BCUT2D eigenvalue weighted by molar-refractivity contribution is -0.150. The third-order valence-electron chi connectivity index (χ3n) is 4.60. The average molecular weight is 392 g/mol. The molecule has 0 aliphatic carbocycles. The molecule has 2 heterocycles. The normalized spacial score (nSPS) is 25.3. The Kier molecular flexibility index (Phi) is 5.27. The molecule has 26 heavy (non-hydrogen) atoms. The number of rotatable bonds is 3. The fourth-order valence-electron chi connectivity index (χ4n) is 3.23. The monoisotopic (exact) mass is 392 g/mol. The van der Waals surface area contributed by atoms with Crippen molar-refractivity contribution in [2.75, 3.05) is 39.4 Å². The van der Waals surface area contributed by atoms with Crippen LogP contribution in [0.15, 0.2) is 23.1 Å². The largest absolute Gasteiger partial charge is 0.378 e. The maximum absolute atomic E-state index is 15.3. The number of ether oxygens (including phenoxy) is 1. The molecule has 0 bridgehead atoms. The molecule has 10 heteroatoms. The highest BCUT2D eigenvalue weighted by molar-refractivity contribution is 7.89. The fraction of sp³-hybridized carbons (Fsp3) is 0.562. The number of nitrogens with zero attached hydrogens (tertiary/aromatic N) is 2. The second kappa shape index (κ2) is 7.16. The molecule has 0 saturated carbocycles. The average Bonchev–Trinajstić information content (AvgIpc) is 2.61. The SMILES string of the molecule is O=C(N1CCOCC1)C1(F)CCCN(S(=O)(=O)c2ccc(F)cc2F)C1. The number of benzene rings is 1. The third kappa shape index (κ3) is 3.58. The van der Waals surface area contributed by atoms with Crippen molar-refractivity contribution in [1.82, 2.24) is 9.21 Å². The summed E-state index contributed by atoms with van der Waals surface area (Å²) >= 11 is 0. The van der Waals surface area contributed by atoms with Crippen LogP contribution >= 0.6 is 0 Å². The molecule has 2 aliphatic heterocycles. The fourth-order valence-corrected chi connectivity index (χ4v) is 4.79.